The maximum Gasteiger partial charge on any atom is 0.341 e. The Labute approximate surface area is 146 Å². The second-order valence-corrected chi connectivity index (χ2v) is 5.68. The maximum atomic E-state index is 12.1. The fraction of sp³-hybridized carbons (Fsp3) is 0.263. The normalized spacial score (nSPS) is 10.2. The van der Waals surface area contributed by atoms with Crippen LogP contribution in [-0.4, -0.2) is 30.7 Å². The summed E-state index contributed by atoms with van der Waals surface area (Å²) in [7, 11) is 1.22. The highest BCUT2D eigenvalue weighted by Gasteiger charge is 2.16. The lowest BCUT2D eigenvalue weighted by Gasteiger charge is -2.14. The van der Waals surface area contributed by atoms with Crippen molar-refractivity contribution in [1.29, 1.82) is 0 Å². The van der Waals surface area contributed by atoms with E-state index in [0.717, 1.165) is 16.7 Å². The van der Waals surface area contributed by atoms with Gasteiger partial charge >= 0.3 is 5.97 Å². The van der Waals surface area contributed by atoms with Crippen LogP contribution in [0.25, 0.3) is 0 Å². The van der Waals surface area contributed by atoms with E-state index in [-0.39, 0.29) is 23.6 Å². The van der Waals surface area contributed by atoms with Crippen molar-refractivity contribution < 1.29 is 24.2 Å². The van der Waals surface area contributed by atoms with Crippen LogP contribution < -0.4 is 10.1 Å². The summed E-state index contributed by atoms with van der Waals surface area (Å²) in [4.78, 5) is 23.7. The minimum absolute atomic E-state index is 0.0217. The standard InChI is InChI=1S/C19H21NO5/c1-11-8-9-12(2)18(13(11)3)25-10-16(21)20-15-7-5-6-14(17(15)22)19(23)24-4/h5-9,22H,10H2,1-4H3,(H,20,21). The minimum Gasteiger partial charge on any atom is -0.505 e. The van der Waals surface area contributed by atoms with E-state index in [1.807, 2.05) is 32.9 Å². The number of phenolic OH excluding ortho intramolecular Hbond substituents is 1. The Balaban J connectivity index is 2.09. The first-order valence-corrected chi connectivity index (χ1v) is 7.75. The van der Waals surface area contributed by atoms with Gasteiger partial charge in [-0.15, -0.1) is 0 Å². The maximum absolute atomic E-state index is 12.1. The Morgan fingerprint density at radius 3 is 2.44 bits per heavy atom. The van der Waals surface area contributed by atoms with Gasteiger partial charge in [-0.1, -0.05) is 18.2 Å². The smallest absolute Gasteiger partial charge is 0.341 e. The van der Waals surface area contributed by atoms with Gasteiger partial charge in [0, 0.05) is 0 Å². The Kier molecular flexibility index (Phi) is 5.64. The molecule has 2 aromatic rings. The van der Waals surface area contributed by atoms with Gasteiger partial charge in [0.15, 0.2) is 12.4 Å². The molecule has 1 amide bonds. The van der Waals surface area contributed by atoms with E-state index in [4.69, 9.17) is 4.74 Å². The van der Waals surface area contributed by atoms with Crippen LogP contribution in [0.5, 0.6) is 11.5 Å². The van der Waals surface area contributed by atoms with Crippen molar-refractivity contribution in [2.45, 2.75) is 20.8 Å². The zero-order chi connectivity index (χ0) is 18.6. The monoisotopic (exact) mass is 343 g/mol. The number of hydrogen-bond donors (Lipinski definition) is 2. The lowest BCUT2D eigenvalue weighted by atomic mass is 10.1. The first-order chi connectivity index (χ1) is 11.8. The number of methoxy groups -OCH3 is 1. The topological polar surface area (TPSA) is 84.9 Å². The Morgan fingerprint density at radius 1 is 1.08 bits per heavy atom. The van der Waals surface area contributed by atoms with Crippen molar-refractivity contribution >= 4 is 17.6 Å². The van der Waals surface area contributed by atoms with Gasteiger partial charge in [0.1, 0.15) is 11.3 Å². The van der Waals surface area contributed by atoms with Crippen LogP contribution in [-0.2, 0) is 9.53 Å². The molecule has 0 fully saturated rings. The highest BCUT2D eigenvalue weighted by Crippen LogP contribution is 2.28. The predicted molar refractivity (Wildman–Crippen MR) is 94.2 cm³/mol. The quantitative estimate of drug-likeness (QED) is 0.644. The number of amides is 1. The number of phenols is 1. The van der Waals surface area contributed by atoms with E-state index in [1.165, 1.54) is 25.3 Å². The molecule has 6 heteroatoms. The molecule has 6 nitrogen and oxygen atoms in total. The van der Waals surface area contributed by atoms with Gasteiger partial charge in [-0.3, -0.25) is 4.79 Å². The van der Waals surface area contributed by atoms with Crippen molar-refractivity contribution in [1.82, 2.24) is 0 Å². The molecule has 0 aliphatic carbocycles. The molecule has 0 heterocycles. The Morgan fingerprint density at radius 2 is 1.76 bits per heavy atom. The van der Waals surface area contributed by atoms with Crippen LogP contribution in [0, 0.1) is 20.8 Å². The third-order valence-corrected chi connectivity index (χ3v) is 3.94. The number of carbonyl (C=O) groups excluding carboxylic acids is 2. The number of anilines is 1. The fourth-order valence-corrected chi connectivity index (χ4v) is 2.39. The van der Waals surface area contributed by atoms with E-state index in [0.29, 0.717) is 5.75 Å². The lowest BCUT2D eigenvalue weighted by Crippen LogP contribution is -2.21. The first kappa shape index (κ1) is 18.3. The Bertz CT molecular complexity index is 814. The van der Waals surface area contributed by atoms with Gasteiger partial charge in [-0.25, -0.2) is 4.79 Å². The van der Waals surface area contributed by atoms with E-state index in [1.54, 1.807) is 0 Å². The highest BCUT2D eigenvalue weighted by molar-refractivity contribution is 5.98. The molecule has 0 unspecified atom stereocenters. The number of para-hydroxylation sites is 1. The van der Waals surface area contributed by atoms with E-state index in [2.05, 4.69) is 10.1 Å². The molecule has 2 rings (SSSR count). The van der Waals surface area contributed by atoms with Crippen molar-refractivity contribution in [3.05, 3.63) is 52.6 Å². The number of esters is 1. The van der Waals surface area contributed by atoms with E-state index in [9.17, 15) is 14.7 Å². The number of ether oxygens (including phenoxy) is 2. The third kappa shape index (κ3) is 4.09. The number of benzene rings is 2. The van der Waals surface area contributed by atoms with Crippen molar-refractivity contribution in [2.75, 3.05) is 19.0 Å². The molecule has 0 aromatic heterocycles. The average molecular weight is 343 g/mol. The van der Waals surface area contributed by atoms with Crippen molar-refractivity contribution in [2.24, 2.45) is 0 Å². The van der Waals surface area contributed by atoms with Crippen LogP contribution in [0.15, 0.2) is 30.3 Å². The van der Waals surface area contributed by atoms with Crippen LogP contribution in [0.1, 0.15) is 27.0 Å². The highest BCUT2D eigenvalue weighted by atomic mass is 16.5. The van der Waals surface area contributed by atoms with Crippen molar-refractivity contribution in [3.63, 3.8) is 0 Å². The zero-order valence-corrected chi connectivity index (χ0v) is 14.7. The molecule has 0 atom stereocenters. The third-order valence-electron chi connectivity index (χ3n) is 3.94. The van der Waals surface area contributed by atoms with Crippen molar-refractivity contribution in [3.8, 4) is 11.5 Å². The predicted octanol–water partition coefficient (Wildman–Crippen LogP) is 3.12. The van der Waals surface area contributed by atoms with Gasteiger partial charge in [-0.05, 0) is 49.6 Å². The van der Waals surface area contributed by atoms with Gasteiger partial charge in [0.05, 0.1) is 12.8 Å². The van der Waals surface area contributed by atoms with Gasteiger partial charge in [0.25, 0.3) is 5.91 Å². The number of hydrogen-bond acceptors (Lipinski definition) is 5. The molecule has 0 saturated carbocycles. The fourth-order valence-electron chi connectivity index (χ4n) is 2.39. The van der Waals surface area contributed by atoms with E-state index < -0.39 is 11.9 Å². The molecule has 0 radical (unpaired) electrons. The van der Waals surface area contributed by atoms with Crippen LogP contribution in [0.2, 0.25) is 0 Å². The summed E-state index contributed by atoms with van der Waals surface area (Å²) in [6, 6.07) is 8.36. The van der Waals surface area contributed by atoms with Crippen LogP contribution in [0.4, 0.5) is 5.69 Å². The molecule has 0 aliphatic heterocycles. The summed E-state index contributed by atoms with van der Waals surface area (Å²) < 4.78 is 10.2. The summed E-state index contributed by atoms with van der Waals surface area (Å²) in [5, 5.41) is 12.6. The Hall–Kier alpha value is -3.02. The molecule has 2 aromatic carbocycles. The van der Waals surface area contributed by atoms with Gasteiger partial charge in [-0.2, -0.15) is 0 Å². The molecular formula is C19H21NO5. The summed E-state index contributed by atoms with van der Waals surface area (Å²) in [6.07, 6.45) is 0. The SMILES string of the molecule is COC(=O)c1cccc(NC(=O)COc2c(C)ccc(C)c2C)c1O. The molecule has 0 spiro atoms. The number of aryl methyl sites for hydroxylation is 2. The summed E-state index contributed by atoms with van der Waals surface area (Å²) in [5.74, 6) is -0.804. The summed E-state index contributed by atoms with van der Waals surface area (Å²) >= 11 is 0. The lowest BCUT2D eigenvalue weighted by molar-refractivity contribution is -0.118. The second kappa shape index (κ2) is 7.70. The summed E-state index contributed by atoms with van der Waals surface area (Å²) in [6.45, 7) is 5.59. The first-order valence-electron chi connectivity index (χ1n) is 7.75. The zero-order valence-electron chi connectivity index (χ0n) is 14.7. The molecule has 0 aliphatic rings. The number of nitrogens with one attached hydrogen (secondary N) is 1. The largest absolute Gasteiger partial charge is 0.505 e. The number of aromatic hydroxyl groups is 1. The van der Waals surface area contributed by atoms with Gasteiger partial charge in [0.2, 0.25) is 0 Å². The molecule has 0 bridgehead atoms. The van der Waals surface area contributed by atoms with Gasteiger partial charge < -0.3 is 19.9 Å². The van der Waals surface area contributed by atoms with Crippen LogP contribution in [0.3, 0.4) is 0 Å². The number of carbonyl (C=O) groups is 2. The van der Waals surface area contributed by atoms with Crippen LogP contribution >= 0.6 is 0 Å². The minimum atomic E-state index is -0.684. The summed E-state index contributed by atoms with van der Waals surface area (Å²) in [5.41, 5.74) is 3.08. The molecule has 132 valence electrons. The second-order valence-electron chi connectivity index (χ2n) is 5.68. The molecule has 25 heavy (non-hydrogen) atoms. The average Bonchev–Trinajstić information content (AvgIpc) is 2.59. The van der Waals surface area contributed by atoms with E-state index >= 15 is 0 Å². The molecular weight excluding hydrogens is 322 g/mol. The number of rotatable bonds is 5. The molecule has 2 N–H and O–H groups in total. The molecule has 0 saturated heterocycles.